The third kappa shape index (κ3) is 6.36. The van der Waals surface area contributed by atoms with Crippen LogP contribution < -0.4 is 0 Å². The molecule has 0 saturated carbocycles. The van der Waals surface area contributed by atoms with Gasteiger partial charge >= 0.3 is 0 Å². The number of rotatable bonds is 9. The smallest absolute Gasteiger partial charge is 0.235 e. The number of carbonyl (C=O) groups is 2. The third-order valence-corrected chi connectivity index (χ3v) is 2.50. The maximum Gasteiger partial charge on any atom is 0.235 e. The monoisotopic (exact) mass is 274 g/mol. The lowest BCUT2D eigenvalue weighted by Crippen LogP contribution is -2.27. The summed E-state index contributed by atoms with van der Waals surface area (Å²) in [5.74, 6) is -0.578. The van der Waals surface area contributed by atoms with E-state index in [1.165, 1.54) is 12.2 Å². The second-order valence-electron chi connectivity index (χ2n) is 3.99. The molecule has 0 bridgehead atoms. The summed E-state index contributed by atoms with van der Waals surface area (Å²) in [5, 5.41) is 17.5. The lowest BCUT2D eigenvalue weighted by atomic mass is 10.1. The predicted octanol–water partition coefficient (Wildman–Crippen LogP) is 1.54. The zero-order chi connectivity index (χ0) is 15.4. The largest absolute Gasteiger partial charge is 0.274 e. The first-order valence-electron chi connectivity index (χ1n) is 6.22. The second kappa shape index (κ2) is 10.3. The van der Waals surface area contributed by atoms with E-state index in [2.05, 4.69) is 13.2 Å². The van der Waals surface area contributed by atoms with Gasteiger partial charge < -0.3 is 0 Å². The minimum Gasteiger partial charge on any atom is -0.274 e. The van der Waals surface area contributed by atoms with E-state index in [1.54, 1.807) is 12.4 Å². The van der Waals surface area contributed by atoms with E-state index in [-0.39, 0.29) is 37.7 Å². The number of carbonyl (C=O) groups excluding carboxylic acids is 2. The summed E-state index contributed by atoms with van der Waals surface area (Å²) in [4.78, 5) is 25.2. The normalized spacial score (nSPS) is 8.90. The molecule has 0 atom stereocenters. The number of amides is 2. The molecule has 0 aliphatic heterocycles. The predicted molar refractivity (Wildman–Crippen MR) is 73.5 cm³/mol. The molecule has 0 heterocycles. The van der Waals surface area contributed by atoms with E-state index >= 15 is 0 Å². The minimum absolute atomic E-state index is 0.190. The van der Waals surface area contributed by atoms with Gasteiger partial charge in [0.2, 0.25) is 11.8 Å². The highest BCUT2D eigenvalue weighted by Gasteiger charge is 2.13. The molecule has 0 aromatic rings. The molecule has 0 aromatic carbocycles. The average Bonchev–Trinajstić information content (AvgIpc) is 2.46. The molecule has 0 aliphatic carbocycles. The maximum atomic E-state index is 11.6. The molecule has 2 amide bonds. The SMILES string of the molecule is C=CCN(C#N)C(=O)CCCCC(=O)N(C#N)CC=C. The summed E-state index contributed by atoms with van der Waals surface area (Å²) in [5.41, 5.74) is 0. The van der Waals surface area contributed by atoms with Gasteiger partial charge in [-0.05, 0) is 12.8 Å². The molecule has 0 aliphatic rings. The number of nitriles is 2. The highest BCUT2D eigenvalue weighted by molar-refractivity contribution is 5.79. The van der Waals surface area contributed by atoms with Crippen LogP contribution >= 0.6 is 0 Å². The van der Waals surface area contributed by atoms with E-state index in [9.17, 15) is 9.59 Å². The van der Waals surface area contributed by atoms with Gasteiger partial charge in [-0.1, -0.05) is 12.2 Å². The second-order valence-corrected chi connectivity index (χ2v) is 3.99. The molecular formula is C14H18N4O2. The van der Waals surface area contributed by atoms with Crippen LogP contribution in [-0.2, 0) is 9.59 Å². The molecule has 0 N–H and O–H groups in total. The van der Waals surface area contributed by atoms with Crippen LogP contribution in [0.25, 0.3) is 0 Å². The Bertz CT molecular complexity index is 403. The van der Waals surface area contributed by atoms with Gasteiger partial charge in [-0.2, -0.15) is 10.5 Å². The summed E-state index contributed by atoms with van der Waals surface area (Å²) in [7, 11) is 0. The molecule has 0 aromatic heterocycles. The van der Waals surface area contributed by atoms with Crippen LogP contribution in [0.4, 0.5) is 0 Å². The van der Waals surface area contributed by atoms with Crippen molar-refractivity contribution in [1.29, 1.82) is 10.5 Å². The van der Waals surface area contributed by atoms with Crippen molar-refractivity contribution in [2.24, 2.45) is 0 Å². The zero-order valence-corrected chi connectivity index (χ0v) is 11.4. The maximum absolute atomic E-state index is 11.6. The first-order chi connectivity index (χ1) is 9.60. The van der Waals surface area contributed by atoms with Gasteiger partial charge in [0, 0.05) is 12.8 Å². The molecule has 6 heteroatoms. The molecule has 0 fully saturated rings. The van der Waals surface area contributed by atoms with Crippen molar-refractivity contribution in [3.63, 3.8) is 0 Å². The molecule has 0 spiro atoms. The van der Waals surface area contributed by atoms with Crippen molar-refractivity contribution in [3.05, 3.63) is 25.3 Å². The van der Waals surface area contributed by atoms with Gasteiger partial charge in [-0.15, -0.1) is 13.2 Å². The molecule has 0 saturated heterocycles. The van der Waals surface area contributed by atoms with Crippen LogP contribution in [0.1, 0.15) is 25.7 Å². The summed E-state index contributed by atoms with van der Waals surface area (Å²) in [6.45, 7) is 7.31. The number of unbranched alkanes of at least 4 members (excludes halogenated alkanes) is 1. The van der Waals surface area contributed by atoms with Gasteiger partial charge in [0.15, 0.2) is 12.4 Å². The van der Waals surface area contributed by atoms with Crippen LogP contribution in [0.5, 0.6) is 0 Å². The Morgan fingerprint density at radius 2 is 1.25 bits per heavy atom. The van der Waals surface area contributed by atoms with Crippen LogP contribution in [0, 0.1) is 22.9 Å². The van der Waals surface area contributed by atoms with Gasteiger partial charge in [-0.3, -0.25) is 9.59 Å². The van der Waals surface area contributed by atoms with Crippen LogP contribution in [-0.4, -0.2) is 34.7 Å². The van der Waals surface area contributed by atoms with Crippen molar-refractivity contribution in [3.8, 4) is 12.4 Å². The number of hydrogen-bond donors (Lipinski definition) is 0. The van der Waals surface area contributed by atoms with Crippen molar-refractivity contribution < 1.29 is 9.59 Å². The van der Waals surface area contributed by atoms with Gasteiger partial charge in [0.05, 0.1) is 13.1 Å². The Kier molecular flexibility index (Phi) is 8.99. The summed E-state index contributed by atoms with van der Waals surface area (Å²) in [6.07, 6.45) is 7.89. The fraction of sp³-hybridized carbons (Fsp3) is 0.429. The number of hydrogen-bond acceptors (Lipinski definition) is 4. The first kappa shape index (κ1) is 17.4. The summed E-state index contributed by atoms with van der Waals surface area (Å²) in [6, 6.07) is 0. The van der Waals surface area contributed by atoms with Crippen molar-refractivity contribution >= 4 is 11.8 Å². The highest BCUT2D eigenvalue weighted by Crippen LogP contribution is 2.05. The topological polar surface area (TPSA) is 88.2 Å². The zero-order valence-electron chi connectivity index (χ0n) is 11.4. The first-order valence-corrected chi connectivity index (χ1v) is 6.22. The summed E-state index contributed by atoms with van der Waals surface area (Å²) < 4.78 is 0. The van der Waals surface area contributed by atoms with E-state index in [0.717, 1.165) is 9.80 Å². The Labute approximate surface area is 119 Å². The quantitative estimate of drug-likeness (QED) is 0.276. The molecule has 0 unspecified atom stereocenters. The minimum atomic E-state index is -0.289. The molecule has 20 heavy (non-hydrogen) atoms. The van der Waals surface area contributed by atoms with Crippen molar-refractivity contribution in [2.45, 2.75) is 25.7 Å². The molecule has 106 valence electrons. The average molecular weight is 274 g/mol. The molecule has 0 rings (SSSR count). The van der Waals surface area contributed by atoms with Crippen molar-refractivity contribution in [1.82, 2.24) is 9.80 Å². The molecule has 6 nitrogen and oxygen atoms in total. The van der Waals surface area contributed by atoms with Crippen LogP contribution in [0.2, 0.25) is 0 Å². The highest BCUT2D eigenvalue weighted by atomic mass is 16.2. The van der Waals surface area contributed by atoms with E-state index in [0.29, 0.717) is 12.8 Å². The van der Waals surface area contributed by atoms with E-state index in [1.807, 2.05) is 0 Å². The van der Waals surface area contributed by atoms with Crippen LogP contribution in [0.3, 0.4) is 0 Å². The van der Waals surface area contributed by atoms with Crippen molar-refractivity contribution in [2.75, 3.05) is 13.1 Å². The number of nitrogens with zero attached hydrogens (tertiary/aromatic N) is 4. The van der Waals surface area contributed by atoms with Gasteiger partial charge in [-0.25, -0.2) is 9.80 Å². The van der Waals surface area contributed by atoms with Crippen LogP contribution in [0.15, 0.2) is 25.3 Å². The molecular weight excluding hydrogens is 256 g/mol. The fourth-order valence-electron chi connectivity index (χ4n) is 1.48. The fourth-order valence-corrected chi connectivity index (χ4v) is 1.48. The standard InChI is InChI=1S/C14H18N4O2/c1-3-9-17(11-15)13(19)7-5-6-8-14(20)18(12-16)10-4-2/h3-4H,1-2,5-10H2. The Morgan fingerprint density at radius 1 is 0.900 bits per heavy atom. The Hall–Kier alpha value is -2.60. The van der Waals surface area contributed by atoms with E-state index in [4.69, 9.17) is 10.5 Å². The lowest BCUT2D eigenvalue weighted by molar-refractivity contribution is -0.129. The Balaban J connectivity index is 4.02. The Morgan fingerprint density at radius 3 is 1.50 bits per heavy atom. The lowest BCUT2D eigenvalue weighted by Gasteiger charge is -2.12. The third-order valence-electron chi connectivity index (χ3n) is 2.50. The van der Waals surface area contributed by atoms with Gasteiger partial charge in [0.25, 0.3) is 0 Å². The van der Waals surface area contributed by atoms with E-state index < -0.39 is 0 Å². The van der Waals surface area contributed by atoms with Gasteiger partial charge in [0.1, 0.15) is 0 Å². The molecule has 0 radical (unpaired) electrons. The summed E-state index contributed by atoms with van der Waals surface area (Å²) >= 11 is 0.